The second-order valence-corrected chi connectivity index (χ2v) is 9.61. The summed E-state index contributed by atoms with van der Waals surface area (Å²) >= 11 is 0. The zero-order valence-corrected chi connectivity index (χ0v) is 21.1. The minimum absolute atomic E-state index is 0.0339. The van der Waals surface area contributed by atoms with Gasteiger partial charge < -0.3 is 5.32 Å². The maximum Gasteiger partial charge on any atom is 0.433 e. The first-order valence-electron chi connectivity index (χ1n) is 11.1. The van der Waals surface area contributed by atoms with Crippen molar-refractivity contribution < 1.29 is 26.6 Å². The molecule has 2 N–H and O–H groups in total. The van der Waals surface area contributed by atoms with Crippen molar-refractivity contribution in [2.75, 3.05) is 6.26 Å². The number of aryl methyl sites for hydroxylation is 1. The molecule has 37 heavy (non-hydrogen) atoms. The Bertz CT molecular complexity index is 1390. The number of amides is 1. The lowest BCUT2D eigenvalue weighted by Gasteiger charge is -2.17. The predicted octanol–water partition coefficient (Wildman–Crippen LogP) is 4.89. The van der Waals surface area contributed by atoms with E-state index < -0.39 is 40.5 Å². The summed E-state index contributed by atoms with van der Waals surface area (Å²) in [6.45, 7) is 3.20. The SMILES string of the molecule is Cc1cc(-c2nc(C(F)(F)F)ccc2CNC(=O)C(C)c2ccc(CNS(C)=O)c(F)c2)ccc1C#N. The third kappa shape index (κ3) is 6.99. The summed E-state index contributed by atoms with van der Waals surface area (Å²) in [5, 5.41) is 11.8. The maximum absolute atomic E-state index is 14.4. The molecule has 1 amide bonds. The third-order valence-electron chi connectivity index (χ3n) is 5.78. The van der Waals surface area contributed by atoms with Crippen LogP contribution in [0.3, 0.4) is 0 Å². The van der Waals surface area contributed by atoms with Gasteiger partial charge in [-0.3, -0.25) is 4.79 Å². The fourth-order valence-corrected chi connectivity index (χ4v) is 3.98. The van der Waals surface area contributed by atoms with E-state index in [4.69, 9.17) is 5.26 Å². The van der Waals surface area contributed by atoms with Crippen molar-refractivity contribution in [2.45, 2.75) is 39.0 Å². The van der Waals surface area contributed by atoms with Gasteiger partial charge in [-0.05, 0) is 54.8 Å². The molecule has 11 heteroatoms. The molecule has 3 aromatic rings. The lowest BCUT2D eigenvalue weighted by atomic mass is 9.98. The molecule has 0 fully saturated rings. The Morgan fingerprint density at radius 1 is 1.11 bits per heavy atom. The molecular formula is C26H24F4N4O2S. The lowest BCUT2D eigenvalue weighted by Crippen LogP contribution is -2.28. The first kappa shape index (κ1) is 28.0. The van der Waals surface area contributed by atoms with Gasteiger partial charge >= 0.3 is 6.18 Å². The van der Waals surface area contributed by atoms with Crippen molar-refractivity contribution in [1.82, 2.24) is 15.0 Å². The number of nitrogens with zero attached hydrogens (tertiary/aromatic N) is 2. The Morgan fingerprint density at radius 2 is 1.81 bits per heavy atom. The van der Waals surface area contributed by atoms with E-state index in [2.05, 4.69) is 15.0 Å². The van der Waals surface area contributed by atoms with Gasteiger partial charge in [-0.25, -0.2) is 18.3 Å². The summed E-state index contributed by atoms with van der Waals surface area (Å²) in [4.78, 5) is 16.6. The third-order valence-corrected chi connectivity index (χ3v) is 6.33. The van der Waals surface area contributed by atoms with Crippen LogP contribution in [0, 0.1) is 24.1 Å². The number of nitriles is 1. The highest BCUT2D eigenvalue weighted by Gasteiger charge is 2.33. The molecule has 2 atom stereocenters. The molecule has 0 saturated carbocycles. The second kappa shape index (κ2) is 11.6. The molecule has 0 aliphatic rings. The van der Waals surface area contributed by atoms with E-state index >= 15 is 0 Å². The number of aromatic nitrogens is 1. The number of alkyl halides is 3. The number of carbonyl (C=O) groups excluding carboxylic acids is 1. The summed E-state index contributed by atoms with van der Waals surface area (Å²) < 4.78 is 68.3. The van der Waals surface area contributed by atoms with Crippen LogP contribution in [0.2, 0.25) is 0 Å². The van der Waals surface area contributed by atoms with Crippen LogP contribution in [0.4, 0.5) is 17.6 Å². The highest BCUT2D eigenvalue weighted by molar-refractivity contribution is 7.82. The van der Waals surface area contributed by atoms with Crippen LogP contribution < -0.4 is 10.0 Å². The summed E-state index contributed by atoms with van der Waals surface area (Å²) in [6, 6.07) is 13.0. The summed E-state index contributed by atoms with van der Waals surface area (Å²) in [5.74, 6) is -1.76. The van der Waals surface area contributed by atoms with Gasteiger partial charge in [-0.2, -0.15) is 18.4 Å². The van der Waals surface area contributed by atoms with Crippen molar-refractivity contribution in [3.63, 3.8) is 0 Å². The van der Waals surface area contributed by atoms with Gasteiger partial charge in [0.15, 0.2) is 0 Å². The first-order chi connectivity index (χ1) is 17.4. The molecule has 1 heterocycles. The quantitative estimate of drug-likeness (QED) is 0.404. The molecule has 194 valence electrons. The topological polar surface area (TPSA) is 94.9 Å². The van der Waals surface area contributed by atoms with Gasteiger partial charge in [0.1, 0.15) is 11.5 Å². The molecule has 0 aliphatic heterocycles. The number of nitrogens with one attached hydrogen (secondary N) is 2. The Balaban J connectivity index is 1.83. The van der Waals surface area contributed by atoms with Crippen LogP contribution in [0.15, 0.2) is 48.5 Å². The van der Waals surface area contributed by atoms with E-state index in [9.17, 15) is 26.6 Å². The van der Waals surface area contributed by atoms with Gasteiger partial charge in [0.2, 0.25) is 5.91 Å². The average molecular weight is 533 g/mol. The smallest absolute Gasteiger partial charge is 0.351 e. The fourth-order valence-electron chi connectivity index (χ4n) is 3.62. The fraction of sp³-hybridized carbons (Fsp3) is 0.269. The van der Waals surface area contributed by atoms with Gasteiger partial charge in [-0.15, -0.1) is 0 Å². The number of halogens is 4. The van der Waals surface area contributed by atoms with Gasteiger partial charge in [0.05, 0.1) is 34.2 Å². The molecule has 3 rings (SSSR count). The van der Waals surface area contributed by atoms with Crippen molar-refractivity contribution in [3.05, 3.63) is 87.9 Å². The van der Waals surface area contributed by atoms with E-state index in [-0.39, 0.29) is 18.8 Å². The number of carbonyl (C=O) groups is 1. The molecule has 0 aliphatic carbocycles. The van der Waals surface area contributed by atoms with Crippen molar-refractivity contribution in [3.8, 4) is 17.3 Å². The Labute approximate surface area is 214 Å². The molecule has 2 aromatic carbocycles. The summed E-state index contributed by atoms with van der Waals surface area (Å²) in [5.41, 5.74) is 1.34. The van der Waals surface area contributed by atoms with Crippen molar-refractivity contribution in [1.29, 1.82) is 5.26 Å². The zero-order valence-electron chi connectivity index (χ0n) is 20.2. The zero-order chi connectivity index (χ0) is 27.3. The highest BCUT2D eigenvalue weighted by atomic mass is 32.2. The molecule has 6 nitrogen and oxygen atoms in total. The van der Waals surface area contributed by atoms with Crippen molar-refractivity contribution >= 4 is 16.9 Å². The lowest BCUT2D eigenvalue weighted by molar-refractivity contribution is -0.141. The average Bonchev–Trinajstić information content (AvgIpc) is 2.85. The molecular weight excluding hydrogens is 508 g/mol. The largest absolute Gasteiger partial charge is 0.433 e. The van der Waals surface area contributed by atoms with Crippen LogP contribution >= 0.6 is 0 Å². The second-order valence-electron chi connectivity index (χ2n) is 8.41. The van der Waals surface area contributed by atoms with E-state index in [1.807, 2.05) is 6.07 Å². The normalized spacial score (nSPS) is 13.0. The number of hydrogen-bond acceptors (Lipinski definition) is 4. The summed E-state index contributed by atoms with van der Waals surface area (Å²) in [6.07, 6.45) is -3.23. The van der Waals surface area contributed by atoms with Crippen LogP contribution in [-0.4, -0.2) is 21.4 Å². The van der Waals surface area contributed by atoms with Crippen LogP contribution in [0.5, 0.6) is 0 Å². The van der Waals surface area contributed by atoms with Crippen LogP contribution in [0.1, 0.15) is 46.4 Å². The Hall–Kier alpha value is -3.62. The molecule has 1 aromatic heterocycles. The summed E-state index contributed by atoms with van der Waals surface area (Å²) in [7, 11) is -1.31. The van der Waals surface area contributed by atoms with Crippen LogP contribution in [0.25, 0.3) is 11.3 Å². The molecule has 0 spiro atoms. The number of benzene rings is 2. The maximum atomic E-state index is 14.4. The molecule has 0 bridgehead atoms. The van der Waals surface area contributed by atoms with E-state index in [1.165, 1.54) is 36.6 Å². The monoisotopic (exact) mass is 532 g/mol. The van der Waals surface area contributed by atoms with Gasteiger partial charge in [0.25, 0.3) is 0 Å². The van der Waals surface area contributed by atoms with E-state index in [0.717, 1.165) is 6.07 Å². The van der Waals surface area contributed by atoms with E-state index in [0.29, 0.717) is 33.4 Å². The van der Waals surface area contributed by atoms with Gasteiger partial charge in [-0.1, -0.05) is 24.3 Å². The van der Waals surface area contributed by atoms with E-state index in [1.54, 1.807) is 26.0 Å². The predicted molar refractivity (Wildman–Crippen MR) is 132 cm³/mol. The standard InChI is InChI=1S/C26H24F4N4O2S/c1-15-10-18(5-6-19(15)12-31)24-21(8-9-23(34-24)26(28,29)30)13-32-25(35)16(2)17-4-7-20(22(27)11-17)14-33-37(3)36/h4-11,16,33H,13-14H2,1-3H3,(H,32,35). The van der Waals surface area contributed by atoms with Crippen molar-refractivity contribution in [2.24, 2.45) is 0 Å². The first-order valence-corrected chi connectivity index (χ1v) is 12.7. The molecule has 2 unspecified atom stereocenters. The van der Waals surface area contributed by atoms with Crippen LogP contribution in [-0.2, 0) is 35.0 Å². The van der Waals surface area contributed by atoms with Gasteiger partial charge in [0, 0.05) is 30.5 Å². The minimum atomic E-state index is -4.66. The Kier molecular flexibility index (Phi) is 8.78. The molecule has 0 radical (unpaired) electrons. The minimum Gasteiger partial charge on any atom is -0.351 e. The number of hydrogen-bond donors (Lipinski definition) is 2. The number of pyridine rings is 1. The Morgan fingerprint density at radius 3 is 2.41 bits per heavy atom. The molecule has 0 saturated heterocycles. The highest BCUT2D eigenvalue weighted by Crippen LogP contribution is 2.32. The number of rotatable bonds is 8.